The van der Waals surface area contributed by atoms with Crippen molar-refractivity contribution in [3.63, 3.8) is 0 Å². The predicted molar refractivity (Wildman–Crippen MR) is 84.3 cm³/mol. The second kappa shape index (κ2) is 5.84. The molecule has 0 fully saturated rings. The largest absolute Gasteiger partial charge is 0.486 e. The Labute approximate surface area is 135 Å². The van der Waals surface area contributed by atoms with Crippen molar-refractivity contribution in [2.45, 2.75) is 5.38 Å². The van der Waals surface area contributed by atoms with Gasteiger partial charge in [0.25, 0.3) is 0 Å². The normalized spacial score (nSPS) is 14.9. The smallest absolute Gasteiger partial charge is 0.161 e. The molecule has 2 aromatic rings. The molecule has 0 aromatic heterocycles. The molecule has 2 aromatic carbocycles. The van der Waals surface area contributed by atoms with Gasteiger partial charge in [0.1, 0.15) is 13.2 Å². The molecule has 0 aliphatic carbocycles. The zero-order chi connectivity index (χ0) is 14.1. The number of alkyl halides is 1. The molecule has 0 bridgehead atoms. The van der Waals surface area contributed by atoms with Gasteiger partial charge < -0.3 is 9.47 Å². The molecule has 0 saturated heterocycles. The maximum Gasteiger partial charge on any atom is 0.161 e. The molecule has 1 unspecified atom stereocenters. The number of rotatable bonds is 2. The van der Waals surface area contributed by atoms with Gasteiger partial charge in [0.05, 0.1) is 5.38 Å². The molecule has 1 aliphatic rings. The first-order valence-corrected chi connectivity index (χ1v) is 7.74. The van der Waals surface area contributed by atoms with Gasteiger partial charge in [-0.2, -0.15) is 0 Å². The molecule has 20 heavy (non-hydrogen) atoms. The van der Waals surface area contributed by atoms with E-state index in [4.69, 9.17) is 32.7 Å². The van der Waals surface area contributed by atoms with Crippen LogP contribution in [0, 0.1) is 0 Å². The van der Waals surface area contributed by atoms with Crippen LogP contribution in [0.15, 0.2) is 40.9 Å². The Morgan fingerprint density at radius 3 is 2.50 bits per heavy atom. The van der Waals surface area contributed by atoms with E-state index in [2.05, 4.69) is 15.9 Å². The third-order valence-electron chi connectivity index (χ3n) is 3.09. The van der Waals surface area contributed by atoms with Crippen LogP contribution < -0.4 is 9.47 Å². The topological polar surface area (TPSA) is 18.5 Å². The van der Waals surface area contributed by atoms with E-state index in [0.29, 0.717) is 18.2 Å². The van der Waals surface area contributed by atoms with Gasteiger partial charge in [-0.3, -0.25) is 0 Å². The molecule has 5 heteroatoms. The van der Waals surface area contributed by atoms with Crippen molar-refractivity contribution in [1.82, 2.24) is 0 Å². The lowest BCUT2D eigenvalue weighted by atomic mass is 10.0. The molecule has 1 aliphatic heterocycles. The molecule has 0 saturated carbocycles. The lowest BCUT2D eigenvalue weighted by molar-refractivity contribution is 0.171. The van der Waals surface area contributed by atoms with Gasteiger partial charge in [0.15, 0.2) is 11.5 Å². The summed E-state index contributed by atoms with van der Waals surface area (Å²) < 4.78 is 12.0. The second-order valence-corrected chi connectivity index (χ2v) is 6.16. The van der Waals surface area contributed by atoms with Crippen LogP contribution in [0.1, 0.15) is 16.5 Å². The summed E-state index contributed by atoms with van der Waals surface area (Å²) in [6, 6.07) is 11.3. The number of halogens is 3. The minimum Gasteiger partial charge on any atom is -0.486 e. The van der Waals surface area contributed by atoms with Crippen LogP contribution in [-0.4, -0.2) is 13.2 Å². The Morgan fingerprint density at radius 1 is 1.00 bits per heavy atom. The van der Waals surface area contributed by atoms with Crippen molar-refractivity contribution >= 4 is 39.1 Å². The van der Waals surface area contributed by atoms with Crippen LogP contribution in [0.4, 0.5) is 0 Å². The molecule has 0 spiro atoms. The fraction of sp³-hybridized carbons (Fsp3) is 0.200. The highest BCUT2D eigenvalue weighted by Gasteiger charge is 2.18. The van der Waals surface area contributed by atoms with Crippen LogP contribution in [-0.2, 0) is 0 Å². The second-order valence-electron chi connectivity index (χ2n) is 4.43. The van der Waals surface area contributed by atoms with Gasteiger partial charge in [-0.1, -0.05) is 39.7 Å². The number of fused-ring (bicyclic) bond motifs is 1. The number of ether oxygens (including phenoxy) is 2. The van der Waals surface area contributed by atoms with Gasteiger partial charge in [-0.15, -0.1) is 11.6 Å². The van der Waals surface area contributed by atoms with Gasteiger partial charge in [-0.05, 0) is 35.4 Å². The summed E-state index contributed by atoms with van der Waals surface area (Å²) in [5.41, 5.74) is 1.92. The summed E-state index contributed by atoms with van der Waals surface area (Å²) in [5.74, 6) is 1.50. The lowest BCUT2D eigenvalue weighted by Gasteiger charge is -2.20. The summed E-state index contributed by atoms with van der Waals surface area (Å²) in [6.07, 6.45) is 0. The van der Waals surface area contributed by atoms with Crippen molar-refractivity contribution in [2.75, 3.05) is 13.2 Å². The molecule has 2 nitrogen and oxygen atoms in total. The molecule has 1 atom stereocenters. The van der Waals surface area contributed by atoms with Crippen molar-refractivity contribution in [1.29, 1.82) is 0 Å². The fourth-order valence-electron chi connectivity index (χ4n) is 2.10. The van der Waals surface area contributed by atoms with Crippen molar-refractivity contribution < 1.29 is 9.47 Å². The van der Waals surface area contributed by atoms with Crippen LogP contribution >= 0.6 is 39.1 Å². The van der Waals surface area contributed by atoms with E-state index in [9.17, 15) is 0 Å². The van der Waals surface area contributed by atoms with E-state index >= 15 is 0 Å². The molecule has 0 radical (unpaired) electrons. The summed E-state index contributed by atoms with van der Waals surface area (Å²) in [7, 11) is 0. The first-order chi connectivity index (χ1) is 9.65. The lowest BCUT2D eigenvalue weighted by Crippen LogP contribution is -2.15. The van der Waals surface area contributed by atoms with E-state index in [1.54, 1.807) is 0 Å². The van der Waals surface area contributed by atoms with Crippen molar-refractivity contribution in [3.8, 4) is 11.5 Å². The average molecular weight is 374 g/mol. The summed E-state index contributed by atoms with van der Waals surface area (Å²) in [5, 5.41) is 0.393. The quantitative estimate of drug-likeness (QED) is 0.673. The van der Waals surface area contributed by atoms with Crippen LogP contribution in [0.5, 0.6) is 11.5 Å². The summed E-state index contributed by atoms with van der Waals surface area (Å²) in [4.78, 5) is 0. The third-order valence-corrected chi connectivity index (χ3v) is 4.50. The Balaban J connectivity index is 1.95. The highest BCUT2D eigenvalue weighted by atomic mass is 79.9. The fourth-order valence-corrected chi connectivity index (χ4v) is 3.47. The molecular weight excluding hydrogens is 363 g/mol. The van der Waals surface area contributed by atoms with E-state index in [0.717, 1.165) is 27.1 Å². The Kier molecular flexibility index (Phi) is 4.11. The van der Waals surface area contributed by atoms with Gasteiger partial charge in [0, 0.05) is 9.50 Å². The molecule has 0 amide bonds. The maximum atomic E-state index is 6.56. The van der Waals surface area contributed by atoms with E-state index in [1.165, 1.54) is 0 Å². The zero-order valence-electron chi connectivity index (χ0n) is 10.4. The molecule has 0 N–H and O–H groups in total. The number of hydrogen-bond donors (Lipinski definition) is 0. The zero-order valence-corrected chi connectivity index (χ0v) is 13.5. The van der Waals surface area contributed by atoms with Gasteiger partial charge in [0.2, 0.25) is 0 Å². The minimum atomic E-state index is -0.280. The van der Waals surface area contributed by atoms with Crippen LogP contribution in [0.2, 0.25) is 5.02 Å². The first-order valence-electron chi connectivity index (χ1n) is 6.14. The van der Waals surface area contributed by atoms with Crippen LogP contribution in [0.25, 0.3) is 0 Å². The Hall–Kier alpha value is -0.900. The Bertz CT molecular complexity index is 646. The van der Waals surface area contributed by atoms with Gasteiger partial charge >= 0.3 is 0 Å². The highest BCUT2D eigenvalue weighted by molar-refractivity contribution is 9.10. The standard InChI is InChI=1S/C15H11BrCl2O2/c16-12-8-10(17)2-3-11(12)15(18)9-1-4-13-14(7-9)20-6-5-19-13/h1-4,7-8,15H,5-6H2. The molecule has 104 valence electrons. The summed E-state index contributed by atoms with van der Waals surface area (Å²) >= 11 is 16.0. The number of hydrogen-bond acceptors (Lipinski definition) is 2. The Morgan fingerprint density at radius 2 is 1.75 bits per heavy atom. The van der Waals surface area contributed by atoms with E-state index in [-0.39, 0.29) is 5.38 Å². The molecule has 1 heterocycles. The number of benzene rings is 2. The van der Waals surface area contributed by atoms with Crippen LogP contribution in [0.3, 0.4) is 0 Å². The third kappa shape index (κ3) is 2.76. The minimum absolute atomic E-state index is 0.280. The van der Waals surface area contributed by atoms with Crippen molar-refractivity contribution in [2.24, 2.45) is 0 Å². The molecule has 3 rings (SSSR count). The van der Waals surface area contributed by atoms with E-state index < -0.39 is 0 Å². The SMILES string of the molecule is Clc1ccc(C(Cl)c2ccc3c(c2)OCCO3)c(Br)c1. The highest BCUT2D eigenvalue weighted by Crippen LogP contribution is 2.39. The van der Waals surface area contributed by atoms with Gasteiger partial charge in [-0.25, -0.2) is 0 Å². The first kappa shape index (κ1) is 14.1. The predicted octanol–water partition coefficient (Wildman–Crippen LogP) is 5.20. The average Bonchev–Trinajstić information content (AvgIpc) is 2.46. The monoisotopic (exact) mass is 372 g/mol. The van der Waals surface area contributed by atoms with E-state index in [1.807, 2.05) is 36.4 Å². The summed E-state index contributed by atoms with van der Waals surface area (Å²) in [6.45, 7) is 1.15. The van der Waals surface area contributed by atoms with Crippen molar-refractivity contribution in [3.05, 3.63) is 57.0 Å². The molecular formula is C15H11BrCl2O2. The maximum absolute atomic E-state index is 6.56.